The smallest absolute Gasteiger partial charge is 0.305 e. The molecule has 2 aromatic carbocycles. The van der Waals surface area contributed by atoms with Crippen LogP contribution in [-0.2, 0) is 0 Å². The van der Waals surface area contributed by atoms with Crippen LogP contribution in [0.4, 0.5) is 17.6 Å². The molecule has 30 heavy (non-hydrogen) atoms. The predicted molar refractivity (Wildman–Crippen MR) is 116 cm³/mol. The van der Waals surface area contributed by atoms with Crippen LogP contribution in [0.1, 0.15) is 50.5 Å². The molecule has 1 aliphatic heterocycles. The third-order valence-corrected chi connectivity index (χ3v) is 9.57. The number of rotatable bonds is 8. The van der Waals surface area contributed by atoms with Crippen LogP contribution in [0.25, 0.3) is 11.1 Å². The van der Waals surface area contributed by atoms with Gasteiger partial charge in [-0.15, -0.1) is 0 Å². The van der Waals surface area contributed by atoms with Crippen molar-refractivity contribution in [3.8, 4) is 16.9 Å². The van der Waals surface area contributed by atoms with Crippen LogP contribution < -0.4 is 4.74 Å². The maximum atomic E-state index is 14.1. The van der Waals surface area contributed by atoms with E-state index in [4.69, 9.17) is 0 Å². The molecule has 0 aromatic heterocycles. The summed E-state index contributed by atoms with van der Waals surface area (Å²) in [4.78, 5) is 0. The molecular formula is C24H28F4OSi. The van der Waals surface area contributed by atoms with Gasteiger partial charge in [-0.1, -0.05) is 68.6 Å². The fraction of sp³-hybridized carbons (Fsp3) is 0.417. The van der Waals surface area contributed by atoms with E-state index < -0.39 is 32.3 Å². The molecule has 3 rings (SSSR count). The molecule has 0 atom stereocenters. The Balaban J connectivity index is 1.64. The van der Waals surface area contributed by atoms with E-state index in [-0.39, 0.29) is 6.26 Å². The number of hydrogen-bond donors (Lipinski definition) is 0. The van der Waals surface area contributed by atoms with Crippen molar-refractivity contribution in [1.82, 2.24) is 0 Å². The highest BCUT2D eigenvalue weighted by Crippen LogP contribution is 2.36. The van der Waals surface area contributed by atoms with E-state index in [2.05, 4.69) is 11.7 Å². The molecule has 1 heterocycles. The molecule has 162 valence electrons. The van der Waals surface area contributed by atoms with E-state index in [1.54, 1.807) is 0 Å². The molecular weight excluding hydrogens is 408 g/mol. The molecule has 0 amide bonds. The van der Waals surface area contributed by atoms with Crippen molar-refractivity contribution in [2.75, 3.05) is 0 Å². The Hall–Kier alpha value is -2.08. The van der Waals surface area contributed by atoms with Crippen molar-refractivity contribution >= 4 is 8.80 Å². The molecule has 0 saturated carbocycles. The van der Waals surface area contributed by atoms with Crippen molar-refractivity contribution in [1.29, 1.82) is 0 Å². The predicted octanol–water partition coefficient (Wildman–Crippen LogP) is 8.04. The number of hydrogen-bond acceptors (Lipinski definition) is 1. The Morgan fingerprint density at radius 1 is 1.00 bits per heavy atom. The lowest BCUT2D eigenvalue weighted by molar-refractivity contribution is 0.344. The average Bonchev–Trinajstić information content (AvgIpc) is 2.74. The highest BCUT2D eigenvalue weighted by Gasteiger charge is 2.23. The Bertz CT molecular complexity index is 831. The van der Waals surface area contributed by atoms with Crippen LogP contribution >= 0.6 is 0 Å². The van der Waals surface area contributed by atoms with Gasteiger partial charge in [-0.05, 0) is 47.6 Å². The van der Waals surface area contributed by atoms with E-state index >= 15 is 0 Å². The van der Waals surface area contributed by atoms with Gasteiger partial charge in [0.1, 0.15) is 0 Å². The van der Waals surface area contributed by atoms with Gasteiger partial charge in [0.25, 0.3) is 0 Å². The van der Waals surface area contributed by atoms with Gasteiger partial charge in [-0.3, -0.25) is 0 Å². The number of ether oxygens (including phenoxy) is 1. The first-order valence-corrected chi connectivity index (χ1v) is 13.2. The van der Waals surface area contributed by atoms with Crippen LogP contribution in [0.15, 0.2) is 48.7 Å². The number of unbranched alkanes of at least 4 members (excludes halogenated alkanes) is 2. The summed E-state index contributed by atoms with van der Waals surface area (Å²) in [6.45, 7) is 2.25. The molecule has 0 N–H and O–H groups in total. The summed E-state index contributed by atoms with van der Waals surface area (Å²) in [5.41, 5.74) is 2.31. The second kappa shape index (κ2) is 10.8. The molecule has 0 bridgehead atoms. The summed E-state index contributed by atoms with van der Waals surface area (Å²) in [5.74, 6) is -2.29. The third kappa shape index (κ3) is 5.97. The summed E-state index contributed by atoms with van der Waals surface area (Å²) in [5, 5.41) is 0. The van der Waals surface area contributed by atoms with E-state index in [0.29, 0.717) is 17.0 Å². The van der Waals surface area contributed by atoms with E-state index in [1.165, 1.54) is 55.8 Å². The molecule has 1 nitrogen and oxygen atoms in total. The normalized spacial score (nSPS) is 18.8. The summed E-state index contributed by atoms with van der Waals surface area (Å²) in [6.07, 6.45) is 4.39. The minimum Gasteiger partial charge on any atom is -0.453 e. The summed E-state index contributed by atoms with van der Waals surface area (Å²) in [7, 11) is -0.554. The molecule has 1 saturated heterocycles. The van der Waals surface area contributed by atoms with Crippen molar-refractivity contribution in [3.63, 3.8) is 0 Å². The maximum Gasteiger partial charge on any atom is 0.305 e. The van der Waals surface area contributed by atoms with Crippen LogP contribution in [-0.4, -0.2) is 8.80 Å². The fourth-order valence-electron chi connectivity index (χ4n) is 4.36. The molecule has 0 spiro atoms. The molecule has 0 aliphatic carbocycles. The Morgan fingerprint density at radius 2 is 1.63 bits per heavy atom. The van der Waals surface area contributed by atoms with E-state index in [9.17, 15) is 17.6 Å². The highest BCUT2D eigenvalue weighted by molar-refractivity contribution is 6.59. The third-order valence-electron chi connectivity index (χ3n) is 6.04. The average molecular weight is 437 g/mol. The SMILES string of the molecule is CCCCC[Si@H]1CC[C@H](c2ccc(-c3cc(F)c(OC=C(F)F)c(F)c3)cc2)CC1. The lowest BCUT2D eigenvalue weighted by Gasteiger charge is -2.28. The first-order chi connectivity index (χ1) is 14.5. The summed E-state index contributed by atoms with van der Waals surface area (Å²) < 4.78 is 56.9. The van der Waals surface area contributed by atoms with Gasteiger partial charge in [-0.25, -0.2) is 8.78 Å². The standard InChI is InChI=1S/C24H28F4OSi/c1-2-3-4-11-30-12-9-19(10-13-30)17-5-7-18(8-6-17)20-14-21(25)24(22(26)15-20)29-16-23(27)28/h5-8,14-16,19,30H,2-4,9-13H2,1H3/t19-,30-. The quantitative estimate of drug-likeness (QED) is 0.176. The lowest BCUT2D eigenvalue weighted by atomic mass is 9.92. The van der Waals surface area contributed by atoms with Crippen molar-refractivity contribution in [3.05, 3.63) is 65.9 Å². The minimum atomic E-state index is -2.16. The van der Waals surface area contributed by atoms with Crippen LogP contribution in [0.3, 0.4) is 0 Å². The van der Waals surface area contributed by atoms with Gasteiger partial charge in [0, 0.05) is 8.80 Å². The van der Waals surface area contributed by atoms with Crippen LogP contribution in [0, 0.1) is 11.6 Å². The fourth-order valence-corrected chi connectivity index (χ4v) is 7.84. The van der Waals surface area contributed by atoms with Crippen LogP contribution in [0.2, 0.25) is 18.1 Å². The van der Waals surface area contributed by atoms with Gasteiger partial charge < -0.3 is 4.74 Å². The second-order valence-electron chi connectivity index (χ2n) is 8.13. The van der Waals surface area contributed by atoms with Crippen molar-refractivity contribution in [2.24, 2.45) is 0 Å². The topological polar surface area (TPSA) is 9.23 Å². The highest BCUT2D eigenvalue weighted by atomic mass is 28.3. The first kappa shape index (κ1) is 22.6. The molecule has 0 unspecified atom stereocenters. The molecule has 1 fully saturated rings. The molecule has 6 heteroatoms. The number of halogens is 4. The summed E-state index contributed by atoms with van der Waals surface area (Å²) >= 11 is 0. The molecule has 1 aliphatic rings. The van der Waals surface area contributed by atoms with Gasteiger partial charge in [-0.2, -0.15) is 8.78 Å². The Kier molecular flexibility index (Phi) is 8.13. The van der Waals surface area contributed by atoms with E-state index in [1.807, 2.05) is 24.3 Å². The largest absolute Gasteiger partial charge is 0.453 e. The zero-order valence-electron chi connectivity index (χ0n) is 17.3. The Labute approximate surface area is 177 Å². The van der Waals surface area contributed by atoms with Gasteiger partial charge in [0.05, 0.1) is 0 Å². The maximum absolute atomic E-state index is 14.1. The van der Waals surface area contributed by atoms with Crippen LogP contribution in [0.5, 0.6) is 5.75 Å². The Morgan fingerprint density at radius 3 is 2.20 bits per heavy atom. The van der Waals surface area contributed by atoms with Gasteiger partial charge in [0.15, 0.2) is 23.6 Å². The lowest BCUT2D eigenvalue weighted by Crippen LogP contribution is -2.20. The molecule has 2 aromatic rings. The molecule has 0 radical (unpaired) electrons. The van der Waals surface area contributed by atoms with E-state index in [0.717, 1.165) is 12.1 Å². The first-order valence-electron chi connectivity index (χ1n) is 10.7. The van der Waals surface area contributed by atoms with Crippen molar-refractivity contribution < 1.29 is 22.3 Å². The summed E-state index contributed by atoms with van der Waals surface area (Å²) in [6, 6.07) is 14.3. The minimum absolute atomic E-state index is 0.0252. The van der Waals surface area contributed by atoms with Crippen molar-refractivity contribution in [2.45, 2.75) is 63.1 Å². The van der Waals surface area contributed by atoms with Gasteiger partial charge in [0.2, 0.25) is 0 Å². The zero-order valence-corrected chi connectivity index (χ0v) is 18.4. The second-order valence-corrected chi connectivity index (χ2v) is 11.6. The monoisotopic (exact) mass is 436 g/mol. The van der Waals surface area contributed by atoms with Gasteiger partial charge >= 0.3 is 6.08 Å². The number of benzene rings is 2. The zero-order chi connectivity index (χ0) is 21.5.